The predicted molar refractivity (Wildman–Crippen MR) is 70.7 cm³/mol. The van der Waals surface area contributed by atoms with Crippen LogP contribution >= 0.6 is 11.6 Å². The lowest BCUT2D eigenvalue weighted by atomic mass is 10.2. The van der Waals surface area contributed by atoms with Crippen molar-refractivity contribution >= 4 is 23.5 Å². The first-order chi connectivity index (χ1) is 8.31. The van der Waals surface area contributed by atoms with Crippen molar-refractivity contribution in [1.82, 2.24) is 0 Å². The first-order valence-corrected chi connectivity index (χ1v) is 5.79. The monoisotopic (exact) mass is 248 g/mol. The van der Waals surface area contributed by atoms with Gasteiger partial charge in [0.25, 0.3) is 0 Å². The van der Waals surface area contributed by atoms with Crippen LogP contribution in [-0.2, 0) is 0 Å². The van der Waals surface area contributed by atoms with Crippen molar-refractivity contribution in [2.24, 2.45) is 0 Å². The van der Waals surface area contributed by atoms with Gasteiger partial charge in [-0.3, -0.25) is 0 Å². The predicted octanol–water partition coefficient (Wildman–Crippen LogP) is 1.92. The molecule has 1 aromatic carbocycles. The summed E-state index contributed by atoms with van der Waals surface area (Å²) in [7, 11) is 0. The molecule has 0 bridgehead atoms. The van der Waals surface area contributed by atoms with Crippen LogP contribution in [0.25, 0.3) is 0 Å². The van der Waals surface area contributed by atoms with Crippen LogP contribution in [0, 0.1) is 5.21 Å². The minimum Gasteiger partial charge on any atom is -0.625 e. The summed E-state index contributed by atoms with van der Waals surface area (Å²) in [4.78, 5) is 0. The summed E-state index contributed by atoms with van der Waals surface area (Å²) in [5.41, 5.74) is 2.91. The van der Waals surface area contributed by atoms with E-state index < -0.39 is 0 Å². The molecular formula is C13H13ClN2O. The molecule has 2 N–H and O–H groups in total. The lowest BCUT2D eigenvalue weighted by Gasteiger charge is -2.02. The molecule has 2 rings (SSSR count). The molecule has 0 unspecified atom stereocenters. The van der Waals surface area contributed by atoms with E-state index in [2.05, 4.69) is 5.32 Å². The second-order valence-electron chi connectivity index (χ2n) is 3.78. The Bertz CT molecular complexity index is 477. The van der Waals surface area contributed by atoms with Gasteiger partial charge in [-0.15, -0.1) is 0 Å². The maximum absolute atomic E-state index is 10.3. The molecule has 0 amide bonds. The van der Waals surface area contributed by atoms with E-state index >= 15 is 0 Å². The number of nitrogens with one attached hydrogen (secondary N) is 2. The normalized spacial score (nSPS) is 18.3. The van der Waals surface area contributed by atoms with Crippen LogP contribution in [0.1, 0.15) is 12.8 Å². The fourth-order valence-corrected chi connectivity index (χ4v) is 2.04. The van der Waals surface area contributed by atoms with E-state index in [0.29, 0.717) is 5.03 Å². The third kappa shape index (κ3) is 2.88. The summed E-state index contributed by atoms with van der Waals surface area (Å²) in [6.45, 7) is 0. The van der Waals surface area contributed by atoms with Crippen molar-refractivity contribution in [2.75, 3.05) is 5.32 Å². The molecule has 4 heteroatoms. The molecule has 0 heterocycles. The zero-order valence-corrected chi connectivity index (χ0v) is 10.00. The number of rotatable bonds is 3. The third-order valence-electron chi connectivity index (χ3n) is 2.65. The molecule has 88 valence electrons. The summed E-state index contributed by atoms with van der Waals surface area (Å²) in [5, 5.41) is 15.9. The van der Waals surface area contributed by atoms with Gasteiger partial charge in [0.15, 0.2) is 6.21 Å². The highest BCUT2D eigenvalue weighted by molar-refractivity contribution is 6.34. The average molecular weight is 249 g/mol. The second kappa shape index (κ2) is 5.55. The zero-order valence-electron chi connectivity index (χ0n) is 9.24. The molecule has 0 saturated carbocycles. The maximum Gasteiger partial charge on any atom is 0.177 e. The van der Waals surface area contributed by atoms with Gasteiger partial charge in [0.2, 0.25) is 0 Å². The average Bonchev–Trinajstić information content (AvgIpc) is 2.70. The van der Waals surface area contributed by atoms with E-state index in [1.54, 1.807) is 5.16 Å². The fraction of sp³-hybridized carbons (Fsp3) is 0.154. The second-order valence-corrected chi connectivity index (χ2v) is 4.16. The van der Waals surface area contributed by atoms with Crippen LogP contribution in [-0.4, -0.2) is 6.21 Å². The van der Waals surface area contributed by atoms with Crippen LogP contribution < -0.4 is 10.5 Å². The van der Waals surface area contributed by atoms with Crippen LogP contribution in [0.4, 0.5) is 5.69 Å². The van der Waals surface area contributed by atoms with Gasteiger partial charge < -0.3 is 10.5 Å². The first kappa shape index (κ1) is 11.7. The minimum absolute atomic E-state index is 0.664. The Labute approximate surface area is 105 Å². The molecule has 0 aromatic heterocycles. The van der Waals surface area contributed by atoms with Crippen molar-refractivity contribution in [2.45, 2.75) is 12.8 Å². The molecule has 0 radical (unpaired) electrons. The largest absolute Gasteiger partial charge is 0.625 e. The van der Waals surface area contributed by atoms with Gasteiger partial charge in [-0.2, -0.15) is 0 Å². The highest BCUT2D eigenvalue weighted by atomic mass is 35.5. The molecule has 1 aromatic rings. The van der Waals surface area contributed by atoms with Crippen LogP contribution in [0.2, 0.25) is 0 Å². The third-order valence-corrected chi connectivity index (χ3v) is 3.13. The molecule has 0 atom stereocenters. The number of para-hydroxylation sites is 1. The van der Waals surface area contributed by atoms with Gasteiger partial charge in [0, 0.05) is 17.5 Å². The van der Waals surface area contributed by atoms with E-state index in [-0.39, 0.29) is 0 Å². The minimum atomic E-state index is 0.664. The van der Waals surface area contributed by atoms with Crippen molar-refractivity contribution in [3.8, 4) is 0 Å². The Morgan fingerprint density at radius 3 is 2.71 bits per heavy atom. The van der Waals surface area contributed by atoms with E-state index in [4.69, 9.17) is 11.6 Å². The van der Waals surface area contributed by atoms with Crippen molar-refractivity contribution < 1.29 is 5.16 Å². The van der Waals surface area contributed by atoms with E-state index in [1.165, 1.54) is 6.21 Å². The SMILES string of the molecule is [O-]/[NH+]=C\C1=C(Cl)C(=C/Nc2ccccc2)/CC1. The van der Waals surface area contributed by atoms with Gasteiger partial charge in [-0.05, 0) is 30.5 Å². The molecule has 0 fully saturated rings. The zero-order chi connectivity index (χ0) is 12.1. The summed E-state index contributed by atoms with van der Waals surface area (Å²) < 4.78 is 0. The van der Waals surface area contributed by atoms with Crippen LogP contribution in [0.5, 0.6) is 0 Å². The lowest BCUT2D eigenvalue weighted by molar-refractivity contribution is -0.366. The van der Waals surface area contributed by atoms with Crippen molar-refractivity contribution in [3.63, 3.8) is 0 Å². The maximum atomic E-state index is 10.3. The number of anilines is 1. The molecule has 1 aliphatic rings. The Balaban J connectivity index is 2.10. The molecule has 0 saturated heterocycles. The molecule has 1 aliphatic carbocycles. The quantitative estimate of drug-likeness (QED) is 0.488. The lowest BCUT2D eigenvalue weighted by Crippen LogP contribution is -2.60. The van der Waals surface area contributed by atoms with E-state index in [1.807, 2.05) is 36.5 Å². The van der Waals surface area contributed by atoms with Crippen molar-refractivity contribution in [1.29, 1.82) is 0 Å². The number of allylic oxidation sites excluding steroid dienone is 3. The van der Waals surface area contributed by atoms with Crippen LogP contribution in [0.15, 0.2) is 52.7 Å². The number of benzene rings is 1. The standard InChI is InChI=1S/C13H13ClN2O/c14-13-10(6-7-11(13)9-16-17)8-15-12-4-2-1-3-5-12/h1-5,8-9,15-16H,6-7H2/b10-8+,16-9-. The van der Waals surface area contributed by atoms with E-state index in [9.17, 15) is 5.21 Å². The van der Waals surface area contributed by atoms with Gasteiger partial charge in [0.05, 0.1) is 5.03 Å². The van der Waals surface area contributed by atoms with Crippen molar-refractivity contribution in [3.05, 3.63) is 57.9 Å². The molecule has 3 nitrogen and oxygen atoms in total. The first-order valence-electron chi connectivity index (χ1n) is 5.42. The van der Waals surface area contributed by atoms with Gasteiger partial charge in [-0.1, -0.05) is 29.8 Å². The summed E-state index contributed by atoms with van der Waals surface area (Å²) in [6, 6.07) is 9.86. The Morgan fingerprint density at radius 2 is 2.00 bits per heavy atom. The highest BCUT2D eigenvalue weighted by Gasteiger charge is 2.17. The van der Waals surface area contributed by atoms with Gasteiger partial charge in [0.1, 0.15) is 0 Å². The smallest absolute Gasteiger partial charge is 0.177 e. The number of hydrogen-bond donors (Lipinski definition) is 2. The number of halogens is 1. The highest BCUT2D eigenvalue weighted by Crippen LogP contribution is 2.32. The van der Waals surface area contributed by atoms with E-state index in [0.717, 1.165) is 29.7 Å². The Morgan fingerprint density at radius 1 is 1.24 bits per heavy atom. The van der Waals surface area contributed by atoms with Crippen LogP contribution in [0.3, 0.4) is 0 Å². The van der Waals surface area contributed by atoms with Gasteiger partial charge >= 0.3 is 0 Å². The molecule has 17 heavy (non-hydrogen) atoms. The summed E-state index contributed by atoms with van der Waals surface area (Å²) in [6.07, 6.45) is 4.96. The Hall–Kier alpha value is -1.74. The summed E-state index contributed by atoms with van der Waals surface area (Å²) in [5.74, 6) is 0. The summed E-state index contributed by atoms with van der Waals surface area (Å²) >= 11 is 6.15. The molecular weight excluding hydrogens is 236 g/mol. The van der Waals surface area contributed by atoms with Gasteiger partial charge in [-0.25, -0.2) is 5.16 Å². The topological polar surface area (TPSA) is 49.1 Å². The number of hydrogen-bond acceptors (Lipinski definition) is 2. The molecule has 0 aliphatic heterocycles. The Kier molecular flexibility index (Phi) is 3.83. The molecule has 0 spiro atoms. The fourth-order valence-electron chi connectivity index (χ4n) is 1.74.